The van der Waals surface area contributed by atoms with Crippen LogP contribution in [0.15, 0.2) is 134 Å². The zero-order valence-corrected chi connectivity index (χ0v) is 33.7. The van der Waals surface area contributed by atoms with Crippen molar-refractivity contribution < 1.29 is 19.4 Å². The molecular weight excluding hydrogens is 653 g/mol. The Balaban J connectivity index is 3.65. The summed E-state index contributed by atoms with van der Waals surface area (Å²) in [5.41, 5.74) is 0. The van der Waals surface area contributed by atoms with Crippen LogP contribution in [0.2, 0.25) is 0 Å². The van der Waals surface area contributed by atoms with Crippen molar-refractivity contribution in [3.8, 4) is 0 Å². The molecule has 0 radical (unpaired) electrons. The summed E-state index contributed by atoms with van der Waals surface area (Å²) in [6, 6.07) is 0. The average molecular weight is 729 g/mol. The minimum atomic E-state index is -0.593. The Morgan fingerprint density at radius 2 is 0.792 bits per heavy atom. The summed E-state index contributed by atoms with van der Waals surface area (Å²) < 4.78 is 11.0. The second-order valence-corrected chi connectivity index (χ2v) is 12.9. The molecule has 1 unspecified atom stereocenters. The highest BCUT2D eigenvalue weighted by Gasteiger charge is 2.13. The first-order chi connectivity index (χ1) is 26.2. The number of aliphatic hydroxyl groups is 1. The van der Waals surface area contributed by atoms with Crippen LogP contribution in [-0.4, -0.2) is 37.0 Å². The number of hydrogen-bond acceptors (Lipinski definition) is 4. The number of ether oxygens (including phenoxy) is 2. The molecule has 0 bridgehead atoms. The molecule has 4 heteroatoms. The van der Waals surface area contributed by atoms with E-state index in [9.17, 15) is 9.90 Å². The van der Waals surface area contributed by atoms with Crippen LogP contribution in [0.3, 0.4) is 0 Å². The fraction of sp³-hybridized carbons (Fsp3) is 0.531. The standard InChI is InChI=1S/C49H76O4/c1-3-5-7-9-11-13-15-17-19-21-22-23-24-25-26-27-28-29-30-32-34-36-38-40-42-44-49(51)53-48(46-50)47-52-45-43-41-39-37-35-33-31-20-18-16-14-12-10-8-6-4-2/h5-8,11-14,17-20,22-23,25-26,28-29,33,35,39,41,48,50H,3-4,9-10,15-16,21,24,27,30-32,34,36-38,40,42-47H2,1-2H3/b7-5-,8-6-,13-11-,14-12-,19-17-,20-18-,23-22-,26-25-,29-28-,35-33-,41-39-. The predicted molar refractivity (Wildman–Crippen MR) is 232 cm³/mol. The van der Waals surface area contributed by atoms with Crippen LogP contribution in [0.25, 0.3) is 0 Å². The molecule has 1 atom stereocenters. The lowest BCUT2D eigenvalue weighted by atomic mass is 10.1. The van der Waals surface area contributed by atoms with Gasteiger partial charge in [0.1, 0.15) is 6.10 Å². The third-order valence-corrected chi connectivity index (χ3v) is 7.99. The van der Waals surface area contributed by atoms with Crippen molar-refractivity contribution in [1.29, 1.82) is 0 Å². The van der Waals surface area contributed by atoms with Gasteiger partial charge in [-0.05, 0) is 96.3 Å². The molecule has 0 aromatic rings. The van der Waals surface area contributed by atoms with Gasteiger partial charge in [0, 0.05) is 6.42 Å². The van der Waals surface area contributed by atoms with E-state index < -0.39 is 6.10 Å². The van der Waals surface area contributed by atoms with Gasteiger partial charge >= 0.3 is 5.97 Å². The van der Waals surface area contributed by atoms with Crippen molar-refractivity contribution in [3.63, 3.8) is 0 Å². The Bertz CT molecular complexity index is 1130. The lowest BCUT2D eigenvalue weighted by molar-refractivity contribution is -0.154. The molecule has 1 N–H and O–H groups in total. The van der Waals surface area contributed by atoms with E-state index in [1.165, 1.54) is 19.3 Å². The van der Waals surface area contributed by atoms with Gasteiger partial charge in [0.05, 0.1) is 19.8 Å². The second-order valence-electron chi connectivity index (χ2n) is 12.9. The molecule has 0 fully saturated rings. The van der Waals surface area contributed by atoms with Crippen LogP contribution >= 0.6 is 0 Å². The maximum atomic E-state index is 12.2. The third-order valence-electron chi connectivity index (χ3n) is 7.99. The highest BCUT2D eigenvalue weighted by atomic mass is 16.6. The first kappa shape index (κ1) is 49.5. The third kappa shape index (κ3) is 42.8. The Kier molecular flexibility index (Phi) is 41.8. The summed E-state index contributed by atoms with van der Waals surface area (Å²) in [4.78, 5) is 12.2. The van der Waals surface area contributed by atoms with Crippen molar-refractivity contribution in [1.82, 2.24) is 0 Å². The predicted octanol–water partition coefficient (Wildman–Crippen LogP) is 13.9. The second kappa shape index (κ2) is 44.7. The molecule has 4 nitrogen and oxygen atoms in total. The van der Waals surface area contributed by atoms with Crippen LogP contribution in [0.1, 0.15) is 142 Å². The van der Waals surface area contributed by atoms with Crippen molar-refractivity contribution in [3.05, 3.63) is 134 Å². The molecule has 0 heterocycles. The highest BCUT2D eigenvalue weighted by Crippen LogP contribution is 2.10. The van der Waals surface area contributed by atoms with E-state index in [0.717, 1.165) is 103 Å². The molecule has 0 aromatic heterocycles. The molecule has 0 amide bonds. The number of hydrogen-bond donors (Lipinski definition) is 1. The molecule has 0 spiro atoms. The smallest absolute Gasteiger partial charge is 0.306 e. The lowest BCUT2D eigenvalue weighted by Gasteiger charge is -2.15. The first-order valence-electron chi connectivity index (χ1n) is 20.8. The molecule has 53 heavy (non-hydrogen) atoms. The fourth-order valence-corrected chi connectivity index (χ4v) is 4.98. The van der Waals surface area contributed by atoms with Gasteiger partial charge < -0.3 is 14.6 Å². The van der Waals surface area contributed by atoms with E-state index in [1.807, 2.05) is 0 Å². The van der Waals surface area contributed by atoms with E-state index >= 15 is 0 Å². The van der Waals surface area contributed by atoms with E-state index in [1.54, 1.807) is 0 Å². The van der Waals surface area contributed by atoms with E-state index in [4.69, 9.17) is 9.47 Å². The number of carbonyl (C=O) groups is 1. The number of esters is 1. The average Bonchev–Trinajstić information content (AvgIpc) is 3.16. The van der Waals surface area contributed by atoms with Gasteiger partial charge in [-0.3, -0.25) is 4.79 Å². The summed E-state index contributed by atoms with van der Waals surface area (Å²) in [5, 5.41) is 9.58. The van der Waals surface area contributed by atoms with Crippen LogP contribution in [0.4, 0.5) is 0 Å². The van der Waals surface area contributed by atoms with E-state index in [2.05, 4.69) is 148 Å². The number of unbranched alkanes of at least 4 members (excludes halogenated alkanes) is 6. The first-order valence-corrected chi connectivity index (χ1v) is 20.8. The molecule has 0 aliphatic carbocycles. The van der Waals surface area contributed by atoms with Crippen molar-refractivity contribution >= 4 is 5.97 Å². The van der Waals surface area contributed by atoms with Crippen LogP contribution in [0.5, 0.6) is 0 Å². The minimum absolute atomic E-state index is 0.218. The maximum Gasteiger partial charge on any atom is 0.306 e. The molecule has 0 aromatic carbocycles. The molecule has 0 rings (SSSR count). The van der Waals surface area contributed by atoms with Crippen LogP contribution < -0.4 is 0 Å². The Labute approximate surface area is 326 Å². The maximum absolute atomic E-state index is 12.2. The molecule has 0 saturated carbocycles. The number of carbonyl (C=O) groups excluding carboxylic acids is 1. The Morgan fingerprint density at radius 1 is 0.453 bits per heavy atom. The highest BCUT2D eigenvalue weighted by molar-refractivity contribution is 5.69. The van der Waals surface area contributed by atoms with Gasteiger partial charge in [-0.2, -0.15) is 0 Å². The van der Waals surface area contributed by atoms with Crippen LogP contribution in [0, 0.1) is 0 Å². The topological polar surface area (TPSA) is 55.8 Å². The molecule has 0 aliphatic heterocycles. The zero-order valence-electron chi connectivity index (χ0n) is 33.7. The zero-order chi connectivity index (χ0) is 38.4. The number of allylic oxidation sites excluding steroid dienone is 21. The Hall–Kier alpha value is -3.47. The number of rotatable bonds is 36. The van der Waals surface area contributed by atoms with E-state index in [0.29, 0.717) is 13.0 Å². The summed E-state index contributed by atoms with van der Waals surface area (Å²) in [6.07, 6.45) is 68.1. The molecule has 0 aliphatic rings. The van der Waals surface area contributed by atoms with Gasteiger partial charge in [0.25, 0.3) is 0 Å². The minimum Gasteiger partial charge on any atom is -0.457 e. The SMILES string of the molecule is CC/C=C\C/C=C\C/C=C\C/C=C\C/C=C\C/C=C\CCCCCCCCC(=O)OC(CO)COCC/C=C\C/C=C\C/C=C\C/C=C\C/C=C\CC. The van der Waals surface area contributed by atoms with Crippen molar-refractivity contribution in [2.45, 2.75) is 148 Å². The summed E-state index contributed by atoms with van der Waals surface area (Å²) in [7, 11) is 0. The fourth-order valence-electron chi connectivity index (χ4n) is 4.98. The largest absolute Gasteiger partial charge is 0.457 e. The molecule has 296 valence electrons. The molecule has 0 saturated heterocycles. The summed E-state index contributed by atoms with van der Waals surface area (Å²) in [5.74, 6) is -0.247. The number of aliphatic hydroxyl groups excluding tert-OH is 1. The Morgan fingerprint density at radius 3 is 1.19 bits per heavy atom. The monoisotopic (exact) mass is 729 g/mol. The van der Waals surface area contributed by atoms with Gasteiger partial charge in [-0.15, -0.1) is 0 Å². The van der Waals surface area contributed by atoms with Gasteiger partial charge in [-0.1, -0.05) is 173 Å². The van der Waals surface area contributed by atoms with E-state index in [-0.39, 0.29) is 19.2 Å². The van der Waals surface area contributed by atoms with Crippen LogP contribution in [-0.2, 0) is 14.3 Å². The van der Waals surface area contributed by atoms with Gasteiger partial charge in [-0.25, -0.2) is 0 Å². The van der Waals surface area contributed by atoms with Crippen molar-refractivity contribution in [2.24, 2.45) is 0 Å². The van der Waals surface area contributed by atoms with Gasteiger partial charge in [0.2, 0.25) is 0 Å². The quantitative estimate of drug-likeness (QED) is 0.0396. The van der Waals surface area contributed by atoms with Crippen molar-refractivity contribution in [2.75, 3.05) is 19.8 Å². The van der Waals surface area contributed by atoms with Gasteiger partial charge in [0.15, 0.2) is 0 Å². The summed E-state index contributed by atoms with van der Waals surface area (Å²) in [6.45, 7) is 4.86. The summed E-state index contributed by atoms with van der Waals surface area (Å²) >= 11 is 0. The molecular formula is C49H76O4. The lowest BCUT2D eigenvalue weighted by Crippen LogP contribution is -2.27. The normalized spacial score (nSPS) is 13.8.